The third-order valence-corrected chi connectivity index (χ3v) is 4.75. The molecule has 19 heavy (non-hydrogen) atoms. The quantitative estimate of drug-likeness (QED) is 0.871. The van der Waals surface area contributed by atoms with Crippen LogP contribution >= 0.6 is 11.3 Å². The lowest BCUT2D eigenvalue weighted by molar-refractivity contribution is 0.181. The molecule has 2 unspecified atom stereocenters. The predicted octanol–water partition coefficient (Wildman–Crippen LogP) is 2.63. The van der Waals surface area contributed by atoms with Gasteiger partial charge >= 0.3 is 0 Å². The van der Waals surface area contributed by atoms with Crippen molar-refractivity contribution in [1.82, 2.24) is 10.3 Å². The van der Waals surface area contributed by atoms with Gasteiger partial charge in [-0.05, 0) is 25.8 Å². The van der Waals surface area contributed by atoms with Gasteiger partial charge in [0.1, 0.15) is 0 Å². The fraction of sp³-hybridized carbons (Fsp3) is 0.786. The van der Waals surface area contributed by atoms with Crippen LogP contribution in [0.5, 0.6) is 0 Å². The summed E-state index contributed by atoms with van der Waals surface area (Å²) in [5, 5.41) is 4.55. The first kappa shape index (κ1) is 14.8. The van der Waals surface area contributed by atoms with E-state index in [0.29, 0.717) is 12.6 Å². The normalized spacial score (nSPS) is 23.3. The first-order valence-corrected chi connectivity index (χ1v) is 7.92. The molecule has 1 aromatic rings. The van der Waals surface area contributed by atoms with Crippen molar-refractivity contribution < 1.29 is 4.74 Å². The van der Waals surface area contributed by atoms with Gasteiger partial charge < -0.3 is 15.0 Å². The van der Waals surface area contributed by atoms with E-state index < -0.39 is 0 Å². The van der Waals surface area contributed by atoms with E-state index in [-0.39, 0.29) is 0 Å². The number of nitrogens with one attached hydrogen (secondary N) is 1. The standard InChI is InChI=1S/C14H25N3OS/c1-5-15-7-13-12(9-18-4)16-14(19-13)17-8-10(2)6-11(17)3/h10-11,15H,5-9H2,1-4H3. The lowest BCUT2D eigenvalue weighted by atomic mass is 10.1. The van der Waals surface area contributed by atoms with Crippen LogP contribution in [-0.2, 0) is 17.9 Å². The molecular formula is C14H25N3OS. The lowest BCUT2D eigenvalue weighted by Crippen LogP contribution is -2.26. The minimum absolute atomic E-state index is 0.600. The molecule has 1 fully saturated rings. The van der Waals surface area contributed by atoms with Crippen LogP contribution in [0, 0.1) is 5.92 Å². The first-order valence-electron chi connectivity index (χ1n) is 7.10. The average molecular weight is 283 g/mol. The summed E-state index contributed by atoms with van der Waals surface area (Å²) < 4.78 is 5.27. The number of rotatable bonds is 6. The van der Waals surface area contributed by atoms with Crippen molar-refractivity contribution >= 4 is 16.5 Å². The molecule has 0 amide bonds. The highest BCUT2D eigenvalue weighted by Crippen LogP contribution is 2.33. The van der Waals surface area contributed by atoms with Gasteiger partial charge in [-0.3, -0.25) is 0 Å². The first-order chi connectivity index (χ1) is 9.15. The SMILES string of the molecule is CCNCc1sc(N2CC(C)CC2C)nc1COC. The third-order valence-electron chi connectivity index (χ3n) is 3.61. The van der Waals surface area contributed by atoms with Crippen molar-refractivity contribution in [3.8, 4) is 0 Å². The van der Waals surface area contributed by atoms with E-state index in [4.69, 9.17) is 9.72 Å². The van der Waals surface area contributed by atoms with Crippen molar-refractivity contribution in [2.75, 3.05) is 25.1 Å². The summed E-state index contributed by atoms with van der Waals surface area (Å²) in [5.74, 6) is 0.766. The fourth-order valence-corrected chi connectivity index (χ4v) is 3.83. The molecule has 108 valence electrons. The Balaban J connectivity index is 2.16. The van der Waals surface area contributed by atoms with Gasteiger partial charge in [0.05, 0.1) is 12.3 Å². The van der Waals surface area contributed by atoms with Crippen molar-refractivity contribution in [3.63, 3.8) is 0 Å². The molecule has 1 N–H and O–H groups in total. The monoisotopic (exact) mass is 283 g/mol. The Morgan fingerprint density at radius 3 is 2.84 bits per heavy atom. The summed E-state index contributed by atoms with van der Waals surface area (Å²) in [4.78, 5) is 8.56. The Bertz CT molecular complexity index is 407. The summed E-state index contributed by atoms with van der Waals surface area (Å²) in [6.07, 6.45) is 1.27. The highest BCUT2D eigenvalue weighted by molar-refractivity contribution is 7.15. The van der Waals surface area contributed by atoms with Crippen LogP contribution in [0.15, 0.2) is 0 Å². The van der Waals surface area contributed by atoms with Gasteiger partial charge in [-0.25, -0.2) is 4.98 Å². The number of aromatic nitrogens is 1. The van der Waals surface area contributed by atoms with Crippen molar-refractivity contribution in [2.45, 2.75) is 46.4 Å². The van der Waals surface area contributed by atoms with Crippen molar-refractivity contribution in [2.24, 2.45) is 5.92 Å². The highest BCUT2D eigenvalue weighted by Gasteiger charge is 2.29. The molecule has 1 aliphatic heterocycles. The lowest BCUT2D eigenvalue weighted by Gasteiger charge is -2.20. The smallest absolute Gasteiger partial charge is 0.186 e. The summed E-state index contributed by atoms with van der Waals surface area (Å²) in [6.45, 7) is 10.4. The maximum absolute atomic E-state index is 5.27. The molecule has 0 radical (unpaired) electrons. The maximum Gasteiger partial charge on any atom is 0.186 e. The van der Waals surface area contributed by atoms with E-state index in [2.05, 4.69) is 31.0 Å². The number of ether oxygens (including phenoxy) is 1. The zero-order chi connectivity index (χ0) is 13.8. The van der Waals surface area contributed by atoms with Crippen LogP contribution in [0.3, 0.4) is 0 Å². The van der Waals surface area contributed by atoms with Gasteiger partial charge in [0.25, 0.3) is 0 Å². The molecule has 4 nitrogen and oxygen atoms in total. The Labute approximate surface area is 120 Å². The fourth-order valence-electron chi connectivity index (χ4n) is 2.69. The van der Waals surface area contributed by atoms with Gasteiger partial charge in [0, 0.05) is 31.1 Å². The maximum atomic E-state index is 5.27. The van der Waals surface area contributed by atoms with Crippen LogP contribution in [0.2, 0.25) is 0 Å². The average Bonchev–Trinajstić information content (AvgIpc) is 2.91. The van der Waals surface area contributed by atoms with Crippen LogP contribution < -0.4 is 10.2 Å². The number of hydrogen-bond donors (Lipinski definition) is 1. The van der Waals surface area contributed by atoms with E-state index in [1.54, 1.807) is 7.11 Å². The number of thiazole rings is 1. The largest absolute Gasteiger partial charge is 0.378 e. The molecule has 2 heterocycles. The molecule has 0 saturated carbocycles. The van der Waals surface area contributed by atoms with Crippen molar-refractivity contribution in [1.29, 1.82) is 0 Å². The summed E-state index contributed by atoms with van der Waals surface area (Å²) in [5.41, 5.74) is 1.09. The minimum Gasteiger partial charge on any atom is -0.378 e. The molecule has 1 aliphatic rings. The molecule has 0 aromatic carbocycles. The van der Waals surface area contributed by atoms with Crippen molar-refractivity contribution in [3.05, 3.63) is 10.6 Å². The summed E-state index contributed by atoms with van der Waals surface area (Å²) >= 11 is 1.81. The molecule has 1 saturated heterocycles. The topological polar surface area (TPSA) is 37.4 Å². The molecule has 0 aliphatic carbocycles. The van der Waals surface area contributed by atoms with E-state index in [0.717, 1.165) is 36.4 Å². The minimum atomic E-state index is 0.600. The number of nitrogens with zero attached hydrogens (tertiary/aromatic N) is 2. The van der Waals surface area contributed by atoms with E-state index in [1.165, 1.54) is 11.3 Å². The van der Waals surface area contributed by atoms with Gasteiger partial charge in [-0.1, -0.05) is 13.8 Å². The number of anilines is 1. The van der Waals surface area contributed by atoms with Gasteiger partial charge in [0.2, 0.25) is 0 Å². The van der Waals surface area contributed by atoms with E-state index >= 15 is 0 Å². The van der Waals surface area contributed by atoms with Gasteiger partial charge in [-0.15, -0.1) is 11.3 Å². The van der Waals surface area contributed by atoms with E-state index in [9.17, 15) is 0 Å². The molecule has 1 aromatic heterocycles. The summed E-state index contributed by atoms with van der Waals surface area (Å²) in [7, 11) is 1.73. The predicted molar refractivity (Wildman–Crippen MR) is 80.8 cm³/mol. The molecule has 0 spiro atoms. The van der Waals surface area contributed by atoms with Gasteiger partial charge in [-0.2, -0.15) is 0 Å². The van der Waals surface area contributed by atoms with Crippen LogP contribution in [0.1, 0.15) is 37.8 Å². The molecule has 5 heteroatoms. The van der Waals surface area contributed by atoms with Crippen LogP contribution in [0.4, 0.5) is 5.13 Å². The molecule has 0 bridgehead atoms. The second-order valence-corrected chi connectivity index (χ2v) is 6.48. The Morgan fingerprint density at radius 1 is 1.47 bits per heavy atom. The van der Waals surface area contributed by atoms with Gasteiger partial charge in [0.15, 0.2) is 5.13 Å². The number of hydrogen-bond acceptors (Lipinski definition) is 5. The zero-order valence-electron chi connectivity index (χ0n) is 12.4. The zero-order valence-corrected chi connectivity index (χ0v) is 13.2. The highest BCUT2D eigenvalue weighted by atomic mass is 32.1. The summed E-state index contributed by atoms with van der Waals surface area (Å²) in [6, 6.07) is 0.600. The third kappa shape index (κ3) is 3.46. The van der Waals surface area contributed by atoms with Crippen LogP contribution in [-0.4, -0.2) is 31.2 Å². The van der Waals surface area contributed by atoms with E-state index in [1.807, 2.05) is 11.3 Å². The second kappa shape index (κ2) is 6.68. The molecule has 2 atom stereocenters. The Hall–Kier alpha value is -0.650. The molecule has 2 rings (SSSR count). The Kier molecular flexibility index (Phi) is 5.19. The Morgan fingerprint density at radius 2 is 2.26 bits per heavy atom. The molecular weight excluding hydrogens is 258 g/mol. The number of methoxy groups -OCH3 is 1. The second-order valence-electron chi connectivity index (χ2n) is 5.42. The van der Waals surface area contributed by atoms with Crippen LogP contribution in [0.25, 0.3) is 0 Å².